The van der Waals surface area contributed by atoms with Gasteiger partial charge in [0.1, 0.15) is 0 Å². The molecule has 2 aliphatic rings. The topological polar surface area (TPSA) is 49.4 Å². The Hall–Kier alpha value is -0.130. The molecule has 2 saturated heterocycles. The normalized spacial score (nSPS) is 30.4. The summed E-state index contributed by atoms with van der Waals surface area (Å²) in [4.78, 5) is 0. The van der Waals surface area contributed by atoms with E-state index < -0.39 is 10.0 Å². The molecule has 106 valence electrons. The van der Waals surface area contributed by atoms with E-state index in [0.717, 1.165) is 19.5 Å². The maximum Gasteiger partial charge on any atom is 0.214 e. The molecule has 5 heteroatoms. The predicted molar refractivity (Wildman–Crippen MR) is 73.9 cm³/mol. The van der Waals surface area contributed by atoms with Gasteiger partial charge in [0.05, 0.1) is 5.75 Å². The lowest BCUT2D eigenvalue weighted by Crippen LogP contribution is -2.41. The van der Waals surface area contributed by atoms with Gasteiger partial charge in [-0.15, -0.1) is 0 Å². The first-order chi connectivity index (χ1) is 8.28. The van der Waals surface area contributed by atoms with Crippen LogP contribution in [0.3, 0.4) is 0 Å². The van der Waals surface area contributed by atoms with Crippen molar-refractivity contribution in [3.8, 4) is 0 Å². The van der Waals surface area contributed by atoms with Crippen molar-refractivity contribution in [3.63, 3.8) is 0 Å². The molecule has 2 rings (SSSR count). The van der Waals surface area contributed by atoms with Gasteiger partial charge in [-0.1, -0.05) is 20.8 Å². The quantitative estimate of drug-likeness (QED) is 0.847. The Morgan fingerprint density at radius 2 is 2.00 bits per heavy atom. The molecule has 0 aromatic heterocycles. The summed E-state index contributed by atoms with van der Waals surface area (Å²) in [5.74, 6) is 0.818. The molecule has 1 N–H and O–H groups in total. The number of rotatable bonds is 3. The molecule has 2 unspecified atom stereocenters. The third-order valence-electron chi connectivity index (χ3n) is 4.07. The second kappa shape index (κ2) is 5.10. The van der Waals surface area contributed by atoms with E-state index in [2.05, 4.69) is 26.1 Å². The molecule has 0 amide bonds. The van der Waals surface area contributed by atoms with Gasteiger partial charge in [0.25, 0.3) is 0 Å². The van der Waals surface area contributed by atoms with Gasteiger partial charge in [0, 0.05) is 19.1 Å². The highest BCUT2D eigenvalue weighted by Crippen LogP contribution is 2.28. The zero-order valence-electron chi connectivity index (χ0n) is 11.8. The average molecular weight is 274 g/mol. The number of hydrogen-bond donors (Lipinski definition) is 1. The molecule has 2 heterocycles. The third-order valence-corrected chi connectivity index (χ3v) is 5.87. The fraction of sp³-hybridized carbons (Fsp3) is 1.00. The lowest BCUT2D eigenvalue weighted by atomic mass is 9.94. The molecular weight excluding hydrogens is 248 g/mol. The number of sulfonamides is 1. The minimum Gasteiger partial charge on any atom is -0.312 e. The number of piperidine rings is 1. The van der Waals surface area contributed by atoms with E-state index in [0.29, 0.717) is 18.5 Å². The van der Waals surface area contributed by atoms with Crippen LogP contribution in [0.2, 0.25) is 0 Å². The van der Waals surface area contributed by atoms with Crippen molar-refractivity contribution < 1.29 is 8.42 Å². The summed E-state index contributed by atoms with van der Waals surface area (Å²) in [6.07, 6.45) is 3.08. The van der Waals surface area contributed by atoms with Crippen LogP contribution in [-0.2, 0) is 10.0 Å². The van der Waals surface area contributed by atoms with Gasteiger partial charge in [-0.25, -0.2) is 12.7 Å². The highest BCUT2D eigenvalue weighted by atomic mass is 32.2. The second-order valence-electron chi connectivity index (χ2n) is 6.91. The van der Waals surface area contributed by atoms with Crippen molar-refractivity contribution in [1.82, 2.24) is 9.62 Å². The van der Waals surface area contributed by atoms with E-state index >= 15 is 0 Å². The SMILES string of the molecule is CC(C)(C)CCS(=O)(=O)N1CC2CCCNC2C1. The molecule has 2 fully saturated rings. The molecule has 18 heavy (non-hydrogen) atoms. The fourth-order valence-electron chi connectivity index (χ4n) is 2.80. The Kier molecular flexibility index (Phi) is 4.04. The van der Waals surface area contributed by atoms with Crippen LogP contribution in [0, 0.1) is 11.3 Å². The molecule has 0 aromatic rings. The summed E-state index contributed by atoms with van der Waals surface area (Å²) in [5, 5.41) is 3.45. The number of fused-ring (bicyclic) bond motifs is 1. The molecule has 0 saturated carbocycles. The smallest absolute Gasteiger partial charge is 0.214 e. The Labute approximate surface area is 111 Å². The maximum absolute atomic E-state index is 12.3. The minimum absolute atomic E-state index is 0.0812. The molecule has 2 aliphatic heterocycles. The second-order valence-corrected chi connectivity index (χ2v) is 9.00. The first-order valence-electron chi connectivity index (χ1n) is 6.99. The fourth-order valence-corrected chi connectivity index (χ4v) is 4.73. The minimum atomic E-state index is -3.06. The van der Waals surface area contributed by atoms with Gasteiger partial charge in [-0.3, -0.25) is 0 Å². The van der Waals surface area contributed by atoms with E-state index in [-0.39, 0.29) is 11.2 Å². The molecule has 0 aliphatic carbocycles. The van der Waals surface area contributed by atoms with Crippen LogP contribution in [0.5, 0.6) is 0 Å². The number of nitrogens with zero attached hydrogens (tertiary/aromatic N) is 1. The Morgan fingerprint density at radius 1 is 1.28 bits per heavy atom. The van der Waals surface area contributed by atoms with E-state index in [9.17, 15) is 8.42 Å². The van der Waals surface area contributed by atoms with Crippen molar-refractivity contribution in [2.24, 2.45) is 11.3 Å². The lowest BCUT2D eigenvalue weighted by Gasteiger charge is -2.24. The highest BCUT2D eigenvalue weighted by molar-refractivity contribution is 7.89. The van der Waals surface area contributed by atoms with Crippen LogP contribution in [0.1, 0.15) is 40.0 Å². The zero-order valence-corrected chi connectivity index (χ0v) is 12.6. The van der Waals surface area contributed by atoms with Crippen molar-refractivity contribution in [2.45, 2.75) is 46.1 Å². The summed E-state index contributed by atoms with van der Waals surface area (Å²) >= 11 is 0. The van der Waals surface area contributed by atoms with Crippen LogP contribution in [0.25, 0.3) is 0 Å². The van der Waals surface area contributed by atoms with Gasteiger partial charge in [-0.05, 0) is 37.1 Å². The summed E-state index contributed by atoms with van der Waals surface area (Å²) in [6.45, 7) is 8.72. The molecule has 4 nitrogen and oxygen atoms in total. The molecule has 0 radical (unpaired) electrons. The highest BCUT2D eigenvalue weighted by Gasteiger charge is 2.39. The molecule has 0 aromatic carbocycles. The zero-order chi connectivity index (χ0) is 13.4. The van der Waals surface area contributed by atoms with Crippen molar-refractivity contribution in [2.75, 3.05) is 25.4 Å². The van der Waals surface area contributed by atoms with E-state index in [1.165, 1.54) is 12.8 Å². The van der Waals surface area contributed by atoms with Crippen LogP contribution >= 0.6 is 0 Å². The van der Waals surface area contributed by atoms with Gasteiger partial charge >= 0.3 is 0 Å². The van der Waals surface area contributed by atoms with Gasteiger partial charge in [0.2, 0.25) is 10.0 Å². The van der Waals surface area contributed by atoms with Crippen LogP contribution < -0.4 is 5.32 Å². The Balaban J connectivity index is 1.95. The molecule has 2 atom stereocenters. The predicted octanol–water partition coefficient (Wildman–Crippen LogP) is 1.44. The van der Waals surface area contributed by atoms with Crippen molar-refractivity contribution in [3.05, 3.63) is 0 Å². The van der Waals surface area contributed by atoms with Gasteiger partial charge in [0.15, 0.2) is 0 Å². The Morgan fingerprint density at radius 3 is 2.61 bits per heavy atom. The van der Waals surface area contributed by atoms with E-state index in [1.807, 2.05) is 0 Å². The number of hydrogen-bond acceptors (Lipinski definition) is 3. The van der Waals surface area contributed by atoms with Crippen LogP contribution in [0.4, 0.5) is 0 Å². The summed E-state index contributed by atoms with van der Waals surface area (Å²) in [6, 6.07) is 0.392. The van der Waals surface area contributed by atoms with Crippen LogP contribution in [-0.4, -0.2) is 44.2 Å². The van der Waals surface area contributed by atoms with E-state index in [1.54, 1.807) is 4.31 Å². The van der Waals surface area contributed by atoms with Crippen LogP contribution in [0.15, 0.2) is 0 Å². The summed E-state index contributed by atoms with van der Waals surface area (Å²) in [5.41, 5.74) is 0.0812. The Bertz CT molecular complexity index is 372. The van der Waals surface area contributed by atoms with Gasteiger partial charge in [-0.2, -0.15) is 0 Å². The number of nitrogens with one attached hydrogen (secondary N) is 1. The lowest BCUT2D eigenvalue weighted by molar-refractivity contribution is 0.339. The van der Waals surface area contributed by atoms with Crippen molar-refractivity contribution in [1.29, 1.82) is 0 Å². The van der Waals surface area contributed by atoms with Gasteiger partial charge < -0.3 is 5.32 Å². The standard InChI is InChI=1S/C13H26N2O2S/c1-13(2,3)6-8-18(16,17)15-9-11-5-4-7-14-12(11)10-15/h11-12,14H,4-10H2,1-3H3. The molecule has 0 spiro atoms. The monoisotopic (exact) mass is 274 g/mol. The average Bonchev–Trinajstić information content (AvgIpc) is 2.70. The van der Waals surface area contributed by atoms with Crippen molar-refractivity contribution >= 4 is 10.0 Å². The summed E-state index contributed by atoms with van der Waals surface area (Å²) in [7, 11) is -3.06. The first-order valence-corrected chi connectivity index (χ1v) is 8.60. The molecule has 0 bridgehead atoms. The first kappa shape index (κ1) is 14.3. The van der Waals surface area contributed by atoms with E-state index in [4.69, 9.17) is 0 Å². The molecular formula is C13H26N2O2S. The third kappa shape index (κ3) is 3.45. The summed E-state index contributed by atoms with van der Waals surface area (Å²) < 4.78 is 26.4. The maximum atomic E-state index is 12.3. The largest absolute Gasteiger partial charge is 0.312 e.